The highest BCUT2D eigenvalue weighted by atomic mass is 79.9. The first-order valence-electron chi connectivity index (χ1n) is 11.6. The summed E-state index contributed by atoms with van der Waals surface area (Å²) < 4.78 is 13.5. The van der Waals surface area contributed by atoms with Gasteiger partial charge in [-0.05, 0) is 66.1 Å². The van der Waals surface area contributed by atoms with Crippen molar-refractivity contribution < 1.29 is 14.4 Å². The summed E-state index contributed by atoms with van der Waals surface area (Å²) in [6.45, 7) is 4.27. The van der Waals surface area contributed by atoms with Crippen LogP contribution >= 0.6 is 15.9 Å². The Hall–Kier alpha value is -4.05. The molecule has 1 atom stereocenters. The minimum absolute atomic E-state index is 0.0230. The normalized spacial score (nSPS) is 12.1. The Labute approximate surface area is 221 Å². The lowest BCUT2D eigenvalue weighted by Gasteiger charge is -2.14. The van der Waals surface area contributed by atoms with Crippen molar-refractivity contribution in [1.29, 1.82) is 0 Å². The van der Waals surface area contributed by atoms with Crippen molar-refractivity contribution >= 4 is 38.7 Å². The van der Waals surface area contributed by atoms with Crippen LogP contribution in [0.4, 0.5) is 5.69 Å². The van der Waals surface area contributed by atoms with Gasteiger partial charge in [0.15, 0.2) is 11.5 Å². The molecule has 190 valence electrons. The number of rotatable bonds is 9. The molecule has 10 heteroatoms. The maximum Gasteiger partial charge on any atom is 0.282 e. The Balaban J connectivity index is 1.61. The Kier molecular flexibility index (Phi) is 7.98. The van der Waals surface area contributed by atoms with Gasteiger partial charge in [0, 0.05) is 22.5 Å². The van der Waals surface area contributed by atoms with Gasteiger partial charge < -0.3 is 9.47 Å². The number of aromatic nitrogens is 2. The minimum atomic E-state index is -0.444. The van der Waals surface area contributed by atoms with E-state index in [4.69, 9.17) is 14.5 Å². The van der Waals surface area contributed by atoms with E-state index >= 15 is 0 Å². The lowest BCUT2D eigenvalue weighted by molar-refractivity contribution is -0.384. The number of ether oxygens (including phenoxy) is 2. The molecule has 9 nitrogen and oxygen atoms in total. The Morgan fingerprint density at radius 2 is 1.89 bits per heavy atom. The van der Waals surface area contributed by atoms with Gasteiger partial charge in [-0.25, -0.2) is 4.98 Å². The van der Waals surface area contributed by atoms with Crippen LogP contribution in [0.3, 0.4) is 0 Å². The third-order valence-electron chi connectivity index (χ3n) is 5.94. The average Bonchev–Trinajstić information content (AvgIpc) is 2.91. The second kappa shape index (κ2) is 11.3. The second-order valence-corrected chi connectivity index (χ2v) is 9.34. The standard InChI is InChI=1S/C27H25BrN4O5/c1-4-17(2)26-30-23-11-8-20(28)14-22(23)27(33)31(26)29-15-19-7-12-24(25(13-19)36-3)37-16-18-5-9-21(10-6-18)32(34)35/h5-15,17H,4,16H2,1-3H3/t17-/m0/s1. The SMILES string of the molecule is CC[C@H](C)c1nc2ccc(Br)cc2c(=O)n1N=Cc1ccc(OCc2ccc([N+](=O)[O-])cc2)c(OC)c1. The highest BCUT2D eigenvalue weighted by Crippen LogP contribution is 2.29. The summed E-state index contributed by atoms with van der Waals surface area (Å²) in [6, 6.07) is 16.9. The van der Waals surface area contributed by atoms with Crippen LogP contribution in [0.2, 0.25) is 0 Å². The zero-order valence-electron chi connectivity index (χ0n) is 20.6. The van der Waals surface area contributed by atoms with Gasteiger partial charge in [-0.1, -0.05) is 29.8 Å². The van der Waals surface area contributed by atoms with Crippen molar-refractivity contribution in [3.05, 3.63) is 103 Å². The van der Waals surface area contributed by atoms with E-state index < -0.39 is 4.92 Å². The van der Waals surface area contributed by atoms with E-state index in [2.05, 4.69) is 21.0 Å². The van der Waals surface area contributed by atoms with E-state index in [-0.39, 0.29) is 23.8 Å². The van der Waals surface area contributed by atoms with E-state index in [0.717, 1.165) is 16.5 Å². The van der Waals surface area contributed by atoms with E-state index in [1.54, 1.807) is 42.6 Å². The van der Waals surface area contributed by atoms with Crippen molar-refractivity contribution in [3.63, 3.8) is 0 Å². The molecule has 0 saturated carbocycles. The predicted molar refractivity (Wildman–Crippen MR) is 146 cm³/mol. The van der Waals surface area contributed by atoms with Crippen LogP contribution in [-0.4, -0.2) is 27.9 Å². The van der Waals surface area contributed by atoms with Gasteiger partial charge in [0.2, 0.25) is 0 Å². The Morgan fingerprint density at radius 1 is 1.14 bits per heavy atom. The van der Waals surface area contributed by atoms with Gasteiger partial charge in [0.05, 0.1) is 29.2 Å². The molecule has 4 aromatic rings. The van der Waals surface area contributed by atoms with Crippen molar-refractivity contribution in [2.75, 3.05) is 7.11 Å². The summed E-state index contributed by atoms with van der Waals surface area (Å²) in [7, 11) is 1.53. The molecule has 37 heavy (non-hydrogen) atoms. The van der Waals surface area contributed by atoms with Crippen molar-refractivity contribution in [2.24, 2.45) is 5.10 Å². The monoisotopic (exact) mass is 564 g/mol. The first-order valence-corrected chi connectivity index (χ1v) is 12.4. The maximum atomic E-state index is 13.3. The Bertz CT molecular complexity index is 1530. The fourth-order valence-corrected chi connectivity index (χ4v) is 4.02. The van der Waals surface area contributed by atoms with Crippen LogP contribution in [0, 0.1) is 10.1 Å². The summed E-state index contributed by atoms with van der Waals surface area (Å²) in [5.41, 5.74) is 1.90. The average molecular weight is 565 g/mol. The smallest absolute Gasteiger partial charge is 0.282 e. The minimum Gasteiger partial charge on any atom is -0.493 e. The number of nitro groups is 1. The molecule has 3 aromatic carbocycles. The Morgan fingerprint density at radius 3 is 2.57 bits per heavy atom. The first kappa shape index (κ1) is 26.0. The summed E-state index contributed by atoms with van der Waals surface area (Å²) in [5, 5.41) is 15.8. The molecule has 0 aliphatic carbocycles. The third-order valence-corrected chi connectivity index (χ3v) is 6.43. The van der Waals surface area contributed by atoms with E-state index in [1.165, 1.54) is 23.9 Å². The van der Waals surface area contributed by atoms with Crippen LogP contribution in [-0.2, 0) is 6.61 Å². The molecule has 0 amide bonds. The molecule has 0 saturated heterocycles. The summed E-state index contributed by atoms with van der Waals surface area (Å²) in [5.74, 6) is 1.62. The molecule has 0 unspecified atom stereocenters. The summed E-state index contributed by atoms with van der Waals surface area (Å²) in [6.07, 6.45) is 2.39. The fraction of sp³-hybridized carbons (Fsp3) is 0.222. The molecule has 0 spiro atoms. The van der Waals surface area contributed by atoms with Gasteiger partial charge in [-0.2, -0.15) is 9.78 Å². The molecular weight excluding hydrogens is 540 g/mol. The number of non-ortho nitro benzene ring substituents is 1. The van der Waals surface area contributed by atoms with Crippen LogP contribution < -0.4 is 15.0 Å². The van der Waals surface area contributed by atoms with Crippen molar-refractivity contribution in [2.45, 2.75) is 32.8 Å². The van der Waals surface area contributed by atoms with Crippen LogP contribution in [0.5, 0.6) is 11.5 Å². The number of benzene rings is 3. The zero-order chi connectivity index (χ0) is 26.5. The fourth-order valence-electron chi connectivity index (χ4n) is 3.66. The zero-order valence-corrected chi connectivity index (χ0v) is 22.1. The molecule has 4 rings (SSSR count). The van der Waals surface area contributed by atoms with Gasteiger partial charge in [-0.3, -0.25) is 14.9 Å². The van der Waals surface area contributed by atoms with Gasteiger partial charge in [0.25, 0.3) is 11.2 Å². The van der Waals surface area contributed by atoms with Crippen LogP contribution in [0.15, 0.2) is 75.0 Å². The molecular formula is C27H25BrN4O5. The maximum absolute atomic E-state index is 13.3. The van der Waals surface area contributed by atoms with Gasteiger partial charge in [-0.15, -0.1) is 0 Å². The first-order chi connectivity index (χ1) is 17.8. The van der Waals surface area contributed by atoms with E-state index in [9.17, 15) is 14.9 Å². The number of fused-ring (bicyclic) bond motifs is 1. The number of hydrogen-bond donors (Lipinski definition) is 0. The molecule has 0 N–H and O–H groups in total. The number of nitro benzene ring substituents is 1. The molecule has 0 fully saturated rings. The van der Waals surface area contributed by atoms with Crippen molar-refractivity contribution in [1.82, 2.24) is 9.66 Å². The molecule has 0 aliphatic rings. The number of nitrogens with zero attached hydrogens (tertiary/aromatic N) is 4. The molecule has 0 bridgehead atoms. The second-order valence-electron chi connectivity index (χ2n) is 8.42. The number of halogens is 1. The van der Waals surface area contributed by atoms with E-state index in [1.807, 2.05) is 26.0 Å². The van der Waals surface area contributed by atoms with E-state index in [0.29, 0.717) is 33.8 Å². The number of hydrogen-bond acceptors (Lipinski definition) is 7. The predicted octanol–water partition coefficient (Wildman–Crippen LogP) is 6.05. The molecule has 0 radical (unpaired) electrons. The largest absolute Gasteiger partial charge is 0.493 e. The van der Waals surface area contributed by atoms with Gasteiger partial charge in [0.1, 0.15) is 12.4 Å². The van der Waals surface area contributed by atoms with Crippen LogP contribution in [0.25, 0.3) is 10.9 Å². The molecule has 1 aromatic heterocycles. The highest BCUT2D eigenvalue weighted by Gasteiger charge is 2.16. The lowest BCUT2D eigenvalue weighted by Crippen LogP contribution is -2.23. The summed E-state index contributed by atoms with van der Waals surface area (Å²) >= 11 is 3.42. The lowest BCUT2D eigenvalue weighted by atomic mass is 10.1. The summed E-state index contributed by atoms with van der Waals surface area (Å²) in [4.78, 5) is 28.4. The third kappa shape index (κ3) is 5.86. The highest BCUT2D eigenvalue weighted by molar-refractivity contribution is 9.10. The van der Waals surface area contributed by atoms with Gasteiger partial charge >= 0.3 is 0 Å². The molecule has 1 heterocycles. The van der Waals surface area contributed by atoms with Crippen molar-refractivity contribution in [3.8, 4) is 11.5 Å². The topological polar surface area (TPSA) is 109 Å². The van der Waals surface area contributed by atoms with Crippen LogP contribution in [0.1, 0.15) is 43.1 Å². The quantitative estimate of drug-likeness (QED) is 0.139. The molecule has 0 aliphatic heterocycles. The number of methoxy groups -OCH3 is 1.